The number of nitrogen functional groups attached to an aromatic ring is 1. The highest BCUT2D eigenvalue weighted by molar-refractivity contribution is 5.98. The number of H-pyrrole nitrogens is 1. The molecule has 4 aliphatic rings. The van der Waals surface area contributed by atoms with Crippen LogP contribution in [0.2, 0.25) is 0 Å². The maximum Gasteiger partial charge on any atom is 0.323 e. The predicted molar refractivity (Wildman–Crippen MR) is 472 cm³/mol. The van der Waals surface area contributed by atoms with E-state index in [0.717, 1.165) is 152 Å². The van der Waals surface area contributed by atoms with Crippen molar-refractivity contribution >= 4 is 120 Å². The number of hydrogen-bond acceptors (Lipinski definition) is 32. The summed E-state index contributed by atoms with van der Waals surface area (Å²) < 4.78 is 5.64. The third kappa shape index (κ3) is 18.0. The number of imidazole rings is 3. The molecule has 0 unspecified atom stereocenters. The molecule has 20 rings (SSSR count). The van der Waals surface area contributed by atoms with Crippen LogP contribution in [0.1, 0.15) is 0 Å². The number of rotatable bonds is 18. The summed E-state index contributed by atoms with van der Waals surface area (Å²) in [4.78, 5) is 112. The largest absolute Gasteiger partial charge is 0.508 e. The minimum Gasteiger partial charge on any atom is -0.508 e. The third-order valence-corrected chi connectivity index (χ3v) is 21.6. The zero-order valence-corrected chi connectivity index (χ0v) is 67.2. The van der Waals surface area contributed by atoms with E-state index in [0.29, 0.717) is 89.8 Å². The Morgan fingerprint density at radius 1 is 0.387 bits per heavy atom. The van der Waals surface area contributed by atoms with Gasteiger partial charge in [0.2, 0.25) is 23.8 Å². The molecular formula is C86H86N30O8. The maximum atomic E-state index is 11.4. The summed E-state index contributed by atoms with van der Waals surface area (Å²) in [6.07, 6.45) is 22.6. The summed E-state index contributed by atoms with van der Waals surface area (Å²) in [6, 6.07) is 44.2. The molecule has 0 saturated carbocycles. The third-order valence-electron chi connectivity index (χ3n) is 21.6. The van der Waals surface area contributed by atoms with E-state index in [9.17, 15) is 35.1 Å². The molecule has 0 spiro atoms. The average molecular weight is 1670 g/mol. The van der Waals surface area contributed by atoms with Crippen LogP contribution in [0.15, 0.2) is 227 Å². The van der Waals surface area contributed by atoms with Gasteiger partial charge >= 0.3 is 11.9 Å². The van der Waals surface area contributed by atoms with Gasteiger partial charge in [0.15, 0.2) is 45.4 Å². The number of hydrogen-bond donors (Lipinski definition) is 9. The monoisotopic (exact) mass is 1670 g/mol. The van der Waals surface area contributed by atoms with E-state index in [1.807, 2.05) is 117 Å². The number of carbonyl (C=O) groups is 2. The first-order chi connectivity index (χ1) is 60.5. The van der Waals surface area contributed by atoms with E-state index in [2.05, 4.69) is 99.3 Å². The van der Waals surface area contributed by atoms with Crippen LogP contribution in [0.5, 0.6) is 23.0 Å². The van der Waals surface area contributed by atoms with Crippen molar-refractivity contribution in [3.05, 3.63) is 227 Å². The van der Waals surface area contributed by atoms with E-state index < -0.39 is 11.9 Å². The van der Waals surface area contributed by atoms with Crippen molar-refractivity contribution in [2.75, 3.05) is 180 Å². The number of benzene rings is 4. The number of nitrogens with one attached hydrogen (secondary N) is 2. The van der Waals surface area contributed by atoms with Crippen molar-refractivity contribution in [3.63, 3.8) is 0 Å². The number of phenolic OH excluding ortho intramolecular Hbond substituents is 4. The Morgan fingerprint density at radius 3 is 1.18 bits per heavy atom. The number of carboxylic acid groups (broad SMARTS) is 2. The zero-order valence-electron chi connectivity index (χ0n) is 67.2. The van der Waals surface area contributed by atoms with E-state index in [4.69, 9.17) is 35.8 Å². The number of nitrogens with two attached hydrogens (primary N) is 1. The van der Waals surface area contributed by atoms with Crippen LogP contribution in [0.25, 0.3) is 72.7 Å². The van der Waals surface area contributed by atoms with E-state index >= 15 is 0 Å². The Labute approximate surface area is 708 Å². The van der Waals surface area contributed by atoms with Gasteiger partial charge in [0.25, 0.3) is 0 Å². The Kier molecular flexibility index (Phi) is 23.3. The number of likely N-dealkylation sites (N-methyl/N-ethyl adjacent to an activating group) is 1. The van der Waals surface area contributed by atoms with E-state index in [1.54, 1.807) is 135 Å². The molecule has 0 atom stereocenters. The molecule has 38 heteroatoms. The predicted octanol–water partition coefficient (Wildman–Crippen LogP) is 8.38. The Bertz CT molecular complexity index is 6330. The minimum absolute atomic E-state index is 0.206. The molecule has 4 aromatic carbocycles. The second-order valence-electron chi connectivity index (χ2n) is 29.4. The minimum atomic E-state index is -0.987. The topological polar surface area (TPSA) is 447 Å². The molecule has 12 aromatic heterocycles. The number of pyridine rings is 4. The standard InChI is InChI=1S/C23H24N8O3.C22H22N8O3.C21H21N7O.C20H19N7O/c1-28(14-19(33)34)21-20-22(31(15-25-20)17-6-8-24-9-7-17)27-23(26-21)30-12-10-29(11-13-30)16-2-4-18(32)5-3-16;31-17-3-1-15(2-4-17)28-9-11-29(12-10-28)22-26-20(24-13-18(32)33)19-21(27-22)30(14-25-19)16-5-7-23-8-6-16;22-20-19-18(17(13-24-19)14-5-7-23-8-6-14)25-21(26-20)28-11-9-27(10-12-28)15-1-3-16(29)4-2-15;28-17-3-1-15(2-4-17)25-9-11-26(12-10-25)20-22-13-18-19(24-20)27(14-23-18)16-5-7-21-8-6-16/h2-9,15,32H,10-14H2,1H3,(H,33,34);1-8,14,31H,9-13H2,(H,32,33)(H,24,26,27);1-8,13,24,29H,9-12H2,(H2,22,25,26);1-8,13-14,28H,9-12H2. The number of aliphatic carboxylic acids is 2. The van der Waals surface area contributed by atoms with Crippen molar-refractivity contribution in [3.8, 4) is 51.2 Å². The van der Waals surface area contributed by atoms with Gasteiger partial charge in [0.1, 0.15) is 71.6 Å². The van der Waals surface area contributed by atoms with Gasteiger partial charge in [0, 0.05) is 196 Å². The lowest BCUT2D eigenvalue weighted by atomic mass is 10.1. The van der Waals surface area contributed by atoms with Crippen LogP contribution in [0.3, 0.4) is 0 Å². The molecule has 124 heavy (non-hydrogen) atoms. The second kappa shape index (κ2) is 36.1. The molecule has 16 heterocycles. The second-order valence-corrected chi connectivity index (χ2v) is 29.4. The number of aromatic hydroxyl groups is 4. The van der Waals surface area contributed by atoms with Crippen molar-refractivity contribution in [1.29, 1.82) is 0 Å². The summed E-state index contributed by atoms with van der Waals surface area (Å²) in [5.74, 6) is 2.82. The van der Waals surface area contributed by atoms with Crippen molar-refractivity contribution < 1.29 is 40.2 Å². The normalized spacial score (nSPS) is 14.2. The lowest BCUT2D eigenvalue weighted by Crippen LogP contribution is -2.47. The fourth-order valence-corrected chi connectivity index (χ4v) is 15.1. The molecule has 0 aliphatic carbocycles. The number of fused-ring (bicyclic) bond motifs is 4. The van der Waals surface area contributed by atoms with Gasteiger partial charge in [-0.25, -0.2) is 24.9 Å². The van der Waals surface area contributed by atoms with Crippen LogP contribution >= 0.6 is 0 Å². The maximum absolute atomic E-state index is 11.4. The van der Waals surface area contributed by atoms with Gasteiger partial charge in [-0.1, -0.05) is 0 Å². The summed E-state index contributed by atoms with van der Waals surface area (Å²) >= 11 is 0. The van der Waals surface area contributed by atoms with Crippen molar-refractivity contribution in [2.24, 2.45) is 0 Å². The van der Waals surface area contributed by atoms with Crippen LogP contribution in [-0.4, -0.2) is 261 Å². The van der Waals surface area contributed by atoms with Gasteiger partial charge in [0.05, 0.1) is 23.3 Å². The molecule has 4 aliphatic heterocycles. The zero-order chi connectivity index (χ0) is 85.2. The molecular weight excluding hydrogens is 1580 g/mol. The highest BCUT2D eigenvalue weighted by Crippen LogP contribution is 2.35. The Hall–Kier alpha value is -16.3. The van der Waals surface area contributed by atoms with Crippen LogP contribution in [0.4, 0.5) is 64.0 Å². The van der Waals surface area contributed by atoms with Crippen molar-refractivity contribution in [2.45, 2.75) is 0 Å². The fraction of sp³-hybridized carbons (Fsp3) is 0.221. The molecule has 0 bridgehead atoms. The molecule has 0 radical (unpaired) electrons. The van der Waals surface area contributed by atoms with E-state index in [-0.39, 0.29) is 36.1 Å². The fourth-order valence-electron chi connectivity index (χ4n) is 15.1. The average Bonchev–Trinajstić information content (AvgIpc) is 1.61. The number of piperazine rings is 4. The summed E-state index contributed by atoms with van der Waals surface area (Å²) in [5, 5.41) is 59.4. The first kappa shape index (κ1) is 80.1. The van der Waals surface area contributed by atoms with Crippen LogP contribution in [0, 0.1) is 0 Å². The van der Waals surface area contributed by atoms with Crippen LogP contribution < -0.4 is 55.1 Å². The van der Waals surface area contributed by atoms with E-state index in [1.165, 1.54) is 0 Å². The van der Waals surface area contributed by atoms with Crippen LogP contribution in [-0.2, 0) is 9.59 Å². The van der Waals surface area contributed by atoms with Gasteiger partial charge in [-0.15, -0.1) is 0 Å². The number of carboxylic acids is 2. The quantitative estimate of drug-likeness (QED) is 0.0389. The molecule has 4 saturated heterocycles. The molecule has 38 nitrogen and oxygen atoms in total. The van der Waals surface area contributed by atoms with Gasteiger partial charge < -0.3 is 90.8 Å². The molecule has 16 aromatic rings. The highest BCUT2D eigenvalue weighted by atomic mass is 16.4. The lowest BCUT2D eigenvalue weighted by Gasteiger charge is -2.36. The Balaban J connectivity index is 0.000000117. The number of phenols is 4. The number of nitrogens with zero attached hydrogens (tertiary/aromatic N) is 27. The summed E-state index contributed by atoms with van der Waals surface area (Å²) in [5.41, 5.74) is 20.6. The summed E-state index contributed by atoms with van der Waals surface area (Å²) in [6.45, 7) is 12.0. The smallest absolute Gasteiger partial charge is 0.323 e. The van der Waals surface area contributed by atoms with Crippen molar-refractivity contribution in [1.82, 2.24) is 93.4 Å². The van der Waals surface area contributed by atoms with Gasteiger partial charge in [-0.2, -0.15) is 29.9 Å². The lowest BCUT2D eigenvalue weighted by molar-refractivity contribution is -0.136. The summed E-state index contributed by atoms with van der Waals surface area (Å²) in [7, 11) is 1.69. The molecule has 4 fully saturated rings. The first-order valence-electron chi connectivity index (χ1n) is 40.1. The number of aromatic nitrogens is 19. The SMILES string of the molecule is CN(CC(=O)O)c1nc(N2CCN(c3ccc(O)cc3)CC2)nc2c1ncn2-c1ccncc1.Nc1nc(N2CCN(c3ccc(O)cc3)CC2)nc2c(-c3ccncc3)c[nH]c12.O=C(O)CNc1nc(N2CCN(c3ccc(O)cc3)CC2)nc2c1ncn2-c1ccncc1.Oc1ccc(N2CCN(c3ncc4ncn(-c5ccncc5)c4n3)CC2)cc1. The van der Waals surface area contributed by atoms with Gasteiger partial charge in [-0.3, -0.25) is 43.2 Å². The number of anilines is 11. The first-order valence-corrected chi connectivity index (χ1v) is 40.1. The molecule has 10 N–H and O–H groups in total. The van der Waals surface area contributed by atoms with Gasteiger partial charge in [-0.05, 0) is 151 Å². The Morgan fingerprint density at radius 2 is 0.750 bits per heavy atom. The molecule has 628 valence electrons. The molecule has 0 amide bonds. The highest BCUT2D eigenvalue weighted by Gasteiger charge is 2.29. The number of aromatic amines is 1.